The maximum atomic E-state index is 10.0. The van der Waals surface area contributed by atoms with Crippen molar-refractivity contribution >= 4 is 5.91 Å². The molecule has 1 amide bonds. The van der Waals surface area contributed by atoms with Crippen molar-refractivity contribution in [3.8, 4) is 0 Å². The highest BCUT2D eigenvalue weighted by molar-refractivity contribution is 5.71. The average molecular weight is 118 g/mol. The Morgan fingerprint density at radius 1 is 1.88 bits per heavy atom. The predicted octanol–water partition coefficient (Wildman–Crippen LogP) is -0.987. The second kappa shape index (κ2) is 4.55. The van der Waals surface area contributed by atoms with E-state index in [1.165, 1.54) is 6.92 Å². The lowest BCUT2D eigenvalue weighted by Gasteiger charge is -1.98. The zero-order valence-corrected chi connectivity index (χ0v) is 4.81. The molecule has 0 aliphatic rings. The predicted molar refractivity (Wildman–Crippen MR) is 28.8 cm³/mol. The van der Waals surface area contributed by atoms with Crippen molar-refractivity contribution in [1.82, 2.24) is 5.48 Å². The first-order valence-electron chi connectivity index (χ1n) is 2.36. The lowest BCUT2D eigenvalue weighted by Crippen LogP contribution is -2.23. The highest BCUT2D eigenvalue weighted by atomic mass is 16.6. The summed E-state index contributed by atoms with van der Waals surface area (Å²) in [6, 6.07) is 0. The van der Waals surface area contributed by atoms with Gasteiger partial charge in [0.1, 0.15) is 0 Å². The van der Waals surface area contributed by atoms with Crippen LogP contribution in [0.15, 0.2) is 0 Å². The Labute approximate surface area is 48.0 Å². The largest absolute Gasteiger partial charge is 0.328 e. The molecule has 0 unspecified atom stereocenters. The Kier molecular flexibility index (Phi) is 4.20. The Bertz CT molecular complexity index is 74.4. The summed E-state index contributed by atoms with van der Waals surface area (Å²) in [5.41, 5.74) is 7.17. The Balaban J connectivity index is 2.82. The molecule has 0 spiro atoms. The lowest BCUT2D eigenvalue weighted by molar-refractivity contribution is -0.130. The second-order valence-corrected chi connectivity index (χ2v) is 1.30. The molecule has 8 heavy (non-hydrogen) atoms. The van der Waals surface area contributed by atoms with Gasteiger partial charge in [-0.1, -0.05) is 0 Å². The van der Waals surface area contributed by atoms with E-state index in [9.17, 15) is 4.79 Å². The number of rotatable bonds is 3. The smallest absolute Gasteiger partial charge is 0.240 e. The van der Waals surface area contributed by atoms with Gasteiger partial charge in [-0.25, -0.2) is 5.48 Å². The summed E-state index contributed by atoms with van der Waals surface area (Å²) in [6.07, 6.45) is 0. The van der Waals surface area contributed by atoms with E-state index in [0.717, 1.165) is 0 Å². The number of hydroxylamine groups is 1. The molecule has 0 atom stereocenters. The molecule has 0 radical (unpaired) electrons. The maximum absolute atomic E-state index is 10.0. The highest BCUT2D eigenvalue weighted by Crippen LogP contribution is 1.62. The fourth-order valence-electron chi connectivity index (χ4n) is 0.212. The van der Waals surface area contributed by atoms with E-state index in [2.05, 4.69) is 10.3 Å². The van der Waals surface area contributed by atoms with Gasteiger partial charge in [0.2, 0.25) is 5.91 Å². The highest BCUT2D eigenvalue weighted by Gasteiger charge is 1.85. The first kappa shape index (κ1) is 7.39. The topological polar surface area (TPSA) is 64.3 Å². The number of nitrogens with one attached hydrogen (secondary N) is 1. The van der Waals surface area contributed by atoms with E-state index in [1.54, 1.807) is 0 Å². The summed E-state index contributed by atoms with van der Waals surface area (Å²) >= 11 is 0. The first-order valence-corrected chi connectivity index (χ1v) is 2.36. The van der Waals surface area contributed by atoms with Gasteiger partial charge in [-0.2, -0.15) is 0 Å². The summed E-state index contributed by atoms with van der Waals surface area (Å²) in [6.45, 7) is 2.15. The Hall–Kier alpha value is -0.610. The lowest BCUT2D eigenvalue weighted by atomic mass is 10.7. The zero-order valence-electron chi connectivity index (χ0n) is 4.81. The molecule has 0 aliphatic heterocycles. The van der Waals surface area contributed by atoms with Gasteiger partial charge in [0, 0.05) is 13.5 Å². The number of hydrogen-bond donors (Lipinski definition) is 2. The van der Waals surface area contributed by atoms with Crippen LogP contribution < -0.4 is 11.2 Å². The molecule has 0 saturated carbocycles. The molecule has 4 heteroatoms. The van der Waals surface area contributed by atoms with Crippen molar-refractivity contribution in [1.29, 1.82) is 0 Å². The van der Waals surface area contributed by atoms with Crippen LogP contribution in [0.3, 0.4) is 0 Å². The zero-order chi connectivity index (χ0) is 6.41. The minimum atomic E-state index is -0.210. The quantitative estimate of drug-likeness (QED) is 0.369. The van der Waals surface area contributed by atoms with Crippen LogP contribution in [0.25, 0.3) is 0 Å². The monoisotopic (exact) mass is 118 g/mol. The van der Waals surface area contributed by atoms with Gasteiger partial charge in [0.15, 0.2) is 0 Å². The van der Waals surface area contributed by atoms with Crippen LogP contribution in [-0.2, 0) is 9.63 Å². The summed E-state index contributed by atoms with van der Waals surface area (Å²) in [4.78, 5) is 14.6. The third kappa shape index (κ3) is 5.39. The SMILES string of the molecule is CC(=O)NOCCN. The van der Waals surface area contributed by atoms with Crippen LogP contribution in [-0.4, -0.2) is 19.1 Å². The van der Waals surface area contributed by atoms with Gasteiger partial charge < -0.3 is 5.73 Å². The summed E-state index contributed by atoms with van der Waals surface area (Å²) < 4.78 is 0. The average Bonchev–Trinajstić information content (AvgIpc) is 1.66. The molecule has 0 bridgehead atoms. The van der Waals surface area contributed by atoms with Crippen molar-refractivity contribution in [2.45, 2.75) is 6.92 Å². The summed E-state index contributed by atoms with van der Waals surface area (Å²) in [7, 11) is 0. The van der Waals surface area contributed by atoms with Gasteiger partial charge in [0.25, 0.3) is 0 Å². The Morgan fingerprint density at radius 2 is 2.50 bits per heavy atom. The molecule has 0 rings (SSSR count). The van der Waals surface area contributed by atoms with Gasteiger partial charge in [-0.3, -0.25) is 9.63 Å². The normalized spacial score (nSPS) is 8.75. The van der Waals surface area contributed by atoms with Gasteiger partial charge >= 0.3 is 0 Å². The summed E-state index contributed by atoms with van der Waals surface area (Å²) in [5, 5.41) is 0. The van der Waals surface area contributed by atoms with E-state index in [4.69, 9.17) is 5.73 Å². The van der Waals surface area contributed by atoms with E-state index in [1.807, 2.05) is 0 Å². The molecular weight excluding hydrogens is 108 g/mol. The number of carbonyl (C=O) groups excluding carboxylic acids is 1. The van der Waals surface area contributed by atoms with Crippen LogP contribution in [0.1, 0.15) is 6.92 Å². The minimum Gasteiger partial charge on any atom is -0.328 e. The fourth-order valence-corrected chi connectivity index (χ4v) is 0.212. The molecule has 3 N–H and O–H groups in total. The van der Waals surface area contributed by atoms with Crippen molar-refractivity contribution in [3.05, 3.63) is 0 Å². The second-order valence-electron chi connectivity index (χ2n) is 1.30. The first-order chi connectivity index (χ1) is 3.77. The molecule has 0 aromatic rings. The van der Waals surface area contributed by atoms with Crippen LogP contribution in [0, 0.1) is 0 Å². The molecule has 0 saturated heterocycles. The standard InChI is InChI=1S/C4H10N2O2/c1-4(7)6-8-3-2-5/h2-3,5H2,1H3,(H,6,7). The number of nitrogens with two attached hydrogens (primary N) is 1. The molecule has 0 aliphatic carbocycles. The van der Waals surface area contributed by atoms with Crippen LogP contribution in [0.4, 0.5) is 0 Å². The van der Waals surface area contributed by atoms with Crippen molar-refractivity contribution in [3.63, 3.8) is 0 Å². The molecular formula is C4H10N2O2. The molecule has 0 aromatic carbocycles. The molecule has 4 nitrogen and oxygen atoms in total. The molecule has 0 aromatic heterocycles. The van der Waals surface area contributed by atoms with Crippen molar-refractivity contribution in [2.24, 2.45) is 5.73 Å². The van der Waals surface area contributed by atoms with Gasteiger partial charge in [0.05, 0.1) is 6.61 Å². The van der Waals surface area contributed by atoms with Crippen LogP contribution in [0.2, 0.25) is 0 Å². The minimum absolute atomic E-state index is 0.210. The van der Waals surface area contributed by atoms with E-state index < -0.39 is 0 Å². The fraction of sp³-hybridized carbons (Fsp3) is 0.750. The third-order valence-electron chi connectivity index (χ3n) is 0.436. The summed E-state index contributed by atoms with van der Waals surface area (Å²) in [5.74, 6) is -0.210. The van der Waals surface area contributed by atoms with Crippen LogP contribution >= 0.6 is 0 Å². The van der Waals surface area contributed by atoms with Crippen molar-refractivity contribution < 1.29 is 9.63 Å². The number of amides is 1. The van der Waals surface area contributed by atoms with E-state index >= 15 is 0 Å². The molecule has 0 heterocycles. The van der Waals surface area contributed by atoms with Crippen LogP contribution in [0.5, 0.6) is 0 Å². The van der Waals surface area contributed by atoms with E-state index in [0.29, 0.717) is 13.2 Å². The number of carbonyl (C=O) groups is 1. The molecule has 48 valence electrons. The Morgan fingerprint density at radius 3 is 2.88 bits per heavy atom. The number of hydrogen-bond acceptors (Lipinski definition) is 3. The van der Waals surface area contributed by atoms with Gasteiger partial charge in [-0.05, 0) is 0 Å². The maximum Gasteiger partial charge on any atom is 0.240 e. The third-order valence-corrected chi connectivity index (χ3v) is 0.436. The van der Waals surface area contributed by atoms with E-state index in [-0.39, 0.29) is 5.91 Å². The van der Waals surface area contributed by atoms with Crippen molar-refractivity contribution in [2.75, 3.05) is 13.2 Å². The molecule has 0 fully saturated rings. The van der Waals surface area contributed by atoms with Gasteiger partial charge in [-0.15, -0.1) is 0 Å².